The van der Waals surface area contributed by atoms with Crippen LogP contribution in [0, 0.1) is 6.92 Å². The number of rotatable bonds is 7. The summed E-state index contributed by atoms with van der Waals surface area (Å²) in [6.07, 6.45) is 5.56. The van der Waals surface area contributed by atoms with Gasteiger partial charge in [0.1, 0.15) is 0 Å². The van der Waals surface area contributed by atoms with Crippen LogP contribution in [-0.2, 0) is 16.1 Å². The minimum atomic E-state index is -0.631. The normalized spacial score (nSPS) is 15.5. The first-order chi connectivity index (χ1) is 18.7. The number of allylic oxidation sites excluding steroid dienone is 2. The number of benzene rings is 2. The minimum absolute atomic E-state index is 0.181. The lowest BCUT2D eigenvalue weighted by Crippen LogP contribution is -2.40. The van der Waals surface area contributed by atoms with Crippen molar-refractivity contribution in [3.05, 3.63) is 109 Å². The fraction of sp³-hybridized carbons (Fsp3) is 0.258. The number of thioether (sulfide) groups is 1. The Morgan fingerprint density at radius 3 is 2.56 bits per heavy atom. The topological polar surface area (TPSA) is 65.6 Å². The van der Waals surface area contributed by atoms with Crippen molar-refractivity contribution in [2.45, 2.75) is 51.3 Å². The Morgan fingerprint density at radius 2 is 1.90 bits per heavy atom. The van der Waals surface area contributed by atoms with Gasteiger partial charge in [0, 0.05) is 33.6 Å². The van der Waals surface area contributed by atoms with Gasteiger partial charge in [0.25, 0.3) is 5.56 Å². The van der Waals surface area contributed by atoms with E-state index in [0.29, 0.717) is 27.1 Å². The number of nitrogens with zero attached hydrogens (tertiary/aromatic N) is 3. The quantitative estimate of drug-likeness (QED) is 0.174. The number of aromatic nitrogens is 2. The second-order valence-electron chi connectivity index (χ2n) is 9.72. The summed E-state index contributed by atoms with van der Waals surface area (Å²) in [5.41, 5.74) is 4.75. The van der Waals surface area contributed by atoms with Gasteiger partial charge in [-0.25, -0.2) is 9.79 Å². The van der Waals surface area contributed by atoms with Crippen LogP contribution in [-0.4, -0.2) is 27.5 Å². The summed E-state index contributed by atoms with van der Waals surface area (Å²) >= 11 is 2.98. The van der Waals surface area contributed by atoms with Crippen molar-refractivity contribution < 1.29 is 9.53 Å². The molecule has 0 unspecified atom stereocenters. The summed E-state index contributed by atoms with van der Waals surface area (Å²) in [5.74, 6) is -0.456. The number of ether oxygens (including phenoxy) is 1. The molecule has 39 heavy (non-hydrogen) atoms. The summed E-state index contributed by atoms with van der Waals surface area (Å²) < 4.78 is 10.0. The number of esters is 1. The highest BCUT2D eigenvalue weighted by Gasteiger charge is 2.33. The van der Waals surface area contributed by atoms with Crippen LogP contribution < -0.4 is 14.9 Å². The van der Waals surface area contributed by atoms with E-state index in [-0.39, 0.29) is 11.7 Å². The van der Waals surface area contributed by atoms with E-state index in [2.05, 4.69) is 30.2 Å². The van der Waals surface area contributed by atoms with Crippen LogP contribution in [0.3, 0.4) is 0 Å². The zero-order chi connectivity index (χ0) is 27.8. The van der Waals surface area contributed by atoms with Crippen molar-refractivity contribution >= 4 is 46.0 Å². The lowest BCUT2D eigenvalue weighted by Gasteiger charge is -2.25. The third-order valence-corrected chi connectivity index (χ3v) is 8.61. The van der Waals surface area contributed by atoms with Crippen LogP contribution in [0.25, 0.3) is 17.0 Å². The SMILES string of the molecule is C=CCn1c(C)c(/C=c2\sc3n(c2=O)[C@@H](c2ccc(SC)cc2)C(C(=O)OC(C)C)=C(C)N=3)c2ccccc21. The fourth-order valence-electron chi connectivity index (χ4n) is 5.10. The number of para-hydroxylation sites is 1. The van der Waals surface area contributed by atoms with Gasteiger partial charge < -0.3 is 9.30 Å². The maximum absolute atomic E-state index is 14.1. The van der Waals surface area contributed by atoms with Gasteiger partial charge in [0.2, 0.25) is 0 Å². The standard InChI is InChI=1S/C31H31N3O3S2/c1-7-16-33-20(5)24(23-10-8-9-11-25(23)33)17-26-29(35)34-28(21-12-14-22(38-6)15-13-21)27(30(36)37-18(2)3)19(4)32-31(34)39-26/h7-15,17-18,28H,1,16H2,2-6H3/b26-17-/t28-/m0/s1. The van der Waals surface area contributed by atoms with Crippen molar-refractivity contribution in [1.82, 2.24) is 9.13 Å². The highest BCUT2D eigenvalue weighted by Crippen LogP contribution is 2.32. The first kappa shape index (κ1) is 27.0. The lowest BCUT2D eigenvalue weighted by molar-refractivity contribution is -0.143. The van der Waals surface area contributed by atoms with Gasteiger partial charge in [-0.05, 0) is 63.8 Å². The van der Waals surface area contributed by atoms with Gasteiger partial charge in [0.05, 0.1) is 27.9 Å². The van der Waals surface area contributed by atoms with E-state index in [1.54, 1.807) is 16.3 Å². The Hall–Kier alpha value is -3.62. The van der Waals surface area contributed by atoms with Crippen molar-refractivity contribution in [3.63, 3.8) is 0 Å². The number of thiazole rings is 1. The molecule has 0 radical (unpaired) electrons. The van der Waals surface area contributed by atoms with Gasteiger partial charge in [-0.3, -0.25) is 9.36 Å². The molecule has 6 nitrogen and oxygen atoms in total. The summed E-state index contributed by atoms with van der Waals surface area (Å²) in [5, 5.41) is 1.07. The second-order valence-corrected chi connectivity index (χ2v) is 11.6. The number of carbonyl (C=O) groups is 1. The van der Waals surface area contributed by atoms with Crippen molar-refractivity contribution in [3.8, 4) is 0 Å². The van der Waals surface area contributed by atoms with Crippen LogP contribution in [0.15, 0.2) is 87.1 Å². The summed E-state index contributed by atoms with van der Waals surface area (Å²) in [4.78, 5) is 33.8. The minimum Gasteiger partial charge on any atom is -0.459 e. The number of hydrogen-bond donors (Lipinski definition) is 0. The number of carbonyl (C=O) groups excluding carboxylic acids is 1. The van der Waals surface area contributed by atoms with Crippen molar-refractivity contribution in [2.24, 2.45) is 4.99 Å². The van der Waals surface area contributed by atoms with E-state index >= 15 is 0 Å². The van der Waals surface area contributed by atoms with Crippen LogP contribution in [0.5, 0.6) is 0 Å². The molecule has 0 saturated carbocycles. The van der Waals surface area contributed by atoms with Crippen LogP contribution in [0.4, 0.5) is 0 Å². The Labute approximate surface area is 235 Å². The van der Waals surface area contributed by atoms with E-state index in [4.69, 9.17) is 9.73 Å². The Kier molecular flexibility index (Phi) is 7.51. The number of fused-ring (bicyclic) bond motifs is 2. The molecule has 0 amide bonds. The van der Waals surface area contributed by atoms with Gasteiger partial charge in [-0.1, -0.05) is 47.7 Å². The molecule has 5 rings (SSSR count). The molecule has 4 aromatic rings. The highest BCUT2D eigenvalue weighted by molar-refractivity contribution is 7.98. The van der Waals surface area contributed by atoms with Crippen molar-refractivity contribution in [1.29, 1.82) is 0 Å². The zero-order valence-electron chi connectivity index (χ0n) is 22.7. The molecular weight excluding hydrogens is 526 g/mol. The smallest absolute Gasteiger partial charge is 0.338 e. The second kappa shape index (κ2) is 10.9. The first-order valence-corrected chi connectivity index (χ1v) is 14.9. The molecule has 8 heteroatoms. The van der Waals surface area contributed by atoms with E-state index in [0.717, 1.165) is 32.6 Å². The van der Waals surface area contributed by atoms with Gasteiger partial charge in [0.15, 0.2) is 4.80 Å². The van der Waals surface area contributed by atoms with Gasteiger partial charge in [-0.15, -0.1) is 18.3 Å². The van der Waals surface area contributed by atoms with E-state index in [9.17, 15) is 9.59 Å². The monoisotopic (exact) mass is 557 g/mol. The highest BCUT2D eigenvalue weighted by atomic mass is 32.2. The largest absolute Gasteiger partial charge is 0.459 e. The maximum atomic E-state index is 14.1. The summed E-state index contributed by atoms with van der Waals surface area (Å²) in [7, 11) is 0. The van der Waals surface area contributed by atoms with Crippen LogP contribution >= 0.6 is 23.1 Å². The molecule has 1 aliphatic heterocycles. The first-order valence-electron chi connectivity index (χ1n) is 12.8. The molecule has 0 saturated heterocycles. The van der Waals surface area contributed by atoms with E-state index in [1.165, 1.54) is 11.3 Å². The third-order valence-electron chi connectivity index (χ3n) is 6.88. The molecule has 0 N–H and O–H groups in total. The van der Waals surface area contributed by atoms with E-state index < -0.39 is 12.0 Å². The molecule has 3 heterocycles. The van der Waals surface area contributed by atoms with E-state index in [1.807, 2.05) is 75.6 Å². The average Bonchev–Trinajstić information content (AvgIpc) is 3.36. The Bertz CT molecular complexity index is 1800. The molecule has 1 atom stereocenters. The molecular formula is C31H31N3O3S2. The number of hydrogen-bond acceptors (Lipinski definition) is 6. The molecule has 200 valence electrons. The third kappa shape index (κ3) is 4.83. The molecule has 0 spiro atoms. The predicted molar refractivity (Wildman–Crippen MR) is 160 cm³/mol. The maximum Gasteiger partial charge on any atom is 0.338 e. The molecule has 0 fully saturated rings. The van der Waals surface area contributed by atoms with Gasteiger partial charge in [-0.2, -0.15) is 0 Å². The lowest BCUT2D eigenvalue weighted by atomic mass is 9.96. The Morgan fingerprint density at radius 1 is 1.18 bits per heavy atom. The van der Waals surface area contributed by atoms with Crippen molar-refractivity contribution in [2.75, 3.05) is 6.26 Å². The van der Waals surface area contributed by atoms with Crippen LogP contribution in [0.1, 0.15) is 43.6 Å². The zero-order valence-corrected chi connectivity index (χ0v) is 24.4. The predicted octanol–water partition coefficient (Wildman–Crippen LogP) is 5.36. The molecule has 1 aliphatic rings. The molecule has 0 aliphatic carbocycles. The average molecular weight is 558 g/mol. The molecule has 0 bridgehead atoms. The molecule has 2 aromatic heterocycles. The fourth-order valence-corrected chi connectivity index (χ4v) is 6.53. The summed E-state index contributed by atoms with van der Waals surface area (Å²) in [6, 6.07) is 15.5. The van der Waals surface area contributed by atoms with Crippen LogP contribution in [0.2, 0.25) is 0 Å². The summed E-state index contributed by atoms with van der Waals surface area (Å²) in [6.45, 7) is 12.1. The van der Waals surface area contributed by atoms with Gasteiger partial charge >= 0.3 is 5.97 Å². The molecule has 2 aromatic carbocycles. The Balaban J connectivity index is 1.75.